The molecule has 0 aromatic carbocycles. The van der Waals surface area contributed by atoms with Crippen LogP contribution >= 0.6 is 0 Å². The second-order valence-electron chi connectivity index (χ2n) is 3.78. The van der Waals surface area contributed by atoms with Crippen LogP contribution in [0.4, 0.5) is 0 Å². The minimum absolute atomic E-state index is 0.103. The van der Waals surface area contributed by atoms with Crippen LogP contribution in [0.2, 0.25) is 0 Å². The van der Waals surface area contributed by atoms with Crippen LogP contribution in [0.5, 0.6) is 0 Å². The van der Waals surface area contributed by atoms with E-state index in [9.17, 15) is 4.79 Å². The summed E-state index contributed by atoms with van der Waals surface area (Å²) in [4.78, 5) is 11.7. The van der Waals surface area contributed by atoms with Crippen LogP contribution in [0.1, 0.15) is 19.3 Å². The van der Waals surface area contributed by atoms with E-state index in [0.29, 0.717) is 18.1 Å². The number of carbonyl (C=O) groups excluding carboxylic acids is 1. The van der Waals surface area contributed by atoms with Gasteiger partial charge in [0.05, 0.1) is 6.04 Å². The van der Waals surface area contributed by atoms with Gasteiger partial charge in [0.1, 0.15) is 5.78 Å². The Morgan fingerprint density at radius 3 is 3.23 bits per heavy atom. The quantitative estimate of drug-likeness (QED) is 0.531. The van der Waals surface area contributed by atoms with Crippen LogP contribution in [-0.2, 0) is 4.79 Å². The molecule has 1 aliphatic heterocycles. The van der Waals surface area contributed by atoms with Crippen molar-refractivity contribution in [1.29, 1.82) is 0 Å². The monoisotopic (exact) mass is 180 g/mol. The molecule has 2 unspecified atom stereocenters. The molecular formula is C10H16N2O. The molecule has 3 heteroatoms. The highest BCUT2D eigenvalue weighted by Crippen LogP contribution is 2.17. The lowest BCUT2D eigenvalue weighted by Gasteiger charge is -2.32. The topological polar surface area (TPSA) is 41.1 Å². The fourth-order valence-corrected chi connectivity index (χ4v) is 2.09. The Balaban J connectivity index is 2.09. The Labute approximate surface area is 78.6 Å². The molecule has 2 aliphatic rings. The van der Waals surface area contributed by atoms with Gasteiger partial charge in [0, 0.05) is 19.6 Å². The number of Topliss-reactive ketones (excluding diaryl/α,β-unsaturated/α-hetero) is 1. The van der Waals surface area contributed by atoms with Gasteiger partial charge < -0.3 is 5.32 Å². The van der Waals surface area contributed by atoms with Crippen molar-refractivity contribution in [3.8, 4) is 0 Å². The van der Waals surface area contributed by atoms with Crippen LogP contribution < -0.4 is 10.6 Å². The third kappa shape index (κ3) is 1.98. The van der Waals surface area contributed by atoms with Crippen LogP contribution in [-0.4, -0.2) is 25.0 Å². The zero-order valence-corrected chi connectivity index (χ0v) is 7.75. The van der Waals surface area contributed by atoms with Gasteiger partial charge in [-0.2, -0.15) is 0 Å². The SMILES string of the molecule is O=C1CCC=CCC2CNCNC12. The van der Waals surface area contributed by atoms with Gasteiger partial charge in [0.25, 0.3) is 0 Å². The zero-order valence-electron chi connectivity index (χ0n) is 7.75. The van der Waals surface area contributed by atoms with E-state index >= 15 is 0 Å². The van der Waals surface area contributed by atoms with Crippen molar-refractivity contribution in [2.75, 3.05) is 13.2 Å². The summed E-state index contributed by atoms with van der Waals surface area (Å²) in [5, 5.41) is 6.50. The number of hydrogen-bond acceptors (Lipinski definition) is 3. The number of carbonyl (C=O) groups is 1. The molecular weight excluding hydrogens is 164 g/mol. The first kappa shape index (κ1) is 8.91. The van der Waals surface area contributed by atoms with Gasteiger partial charge in [-0.3, -0.25) is 10.1 Å². The van der Waals surface area contributed by atoms with Gasteiger partial charge in [0.2, 0.25) is 0 Å². The van der Waals surface area contributed by atoms with Crippen molar-refractivity contribution in [1.82, 2.24) is 10.6 Å². The summed E-state index contributed by atoms with van der Waals surface area (Å²) >= 11 is 0. The van der Waals surface area contributed by atoms with Crippen LogP contribution in [0, 0.1) is 5.92 Å². The van der Waals surface area contributed by atoms with Crippen molar-refractivity contribution < 1.29 is 4.79 Å². The van der Waals surface area contributed by atoms with E-state index in [-0.39, 0.29) is 6.04 Å². The normalized spacial score (nSPS) is 34.9. The lowest BCUT2D eigenvalue weighted by Crippen LogP contribution is -2.55. The molecule has 0 amide bonds. The molecule has 0 aromatic rings. The highest BCUT2D eigenvalue weighted by Gasteiger charge is 2.29. The number of rotatable bonds is 0. The van der Waals surface area contributed by atoms with Gasteiger partial charge in [-0.1, -0.05) is 12.2 Å². The van der Waals surface area contributed by atoms with E-state index < -0.39 is 0 Å². The molecule has 0 aromatic heterocycles. The molecule has 13 heavy (non-hydrogen) atoms. The van der Waals surface area contributed by atoms with Gasteiger partial charge in [-0.15, -0.1) is 0 Å². The molecule has 2 N–H and O–H groups in total. The number of hydrogen-bond donors (Lipinski definition) is 2. The minimum atomic E-state index is 0.103. The predicted molar refractivity (Wildman–Crippen MR) is 51.3 cm³/mol. The average molecular weight is 180 g/mol. The highest BCUT2D eigenvalue weighted by atomic mass is 16.1. The van der Waals surface area contributed by atoms with Gasteiger partial charge in [-0.25, -0.2) is 0 Å². The van der Waals surface area contributed by atoms with Gasteiger partial charge in [0.15, 0.2) is 0 Å². The minimum Gasteiger partial charge on any atom is -0.304 e. The largest absolute Gasteiger partial charge is 0.304 e. The average Bonchev–Trinajstić information content (AvgIpc) is 2.14. The number of ketones is 1. The molecule has 0 bridgehead atoms. The number of nitrogens with one attached hydrogen (secondary N) is 2. The third-order valence-corrected chi connectivity index (χ3v) is 2.83. The highest BCUT2D eigenvalue weighted by molar-refractivity contribution is 5.84. The molecule has 1 aliphatic carbocycles. The van der Waals surface area contributed by atoms with E-state index in [0.717, 1.165) is 26.1 Å². The maximum atomic E-state index is 11.7. The smallest absolute Gasteiger partial charge is 0.150 e. The first-order valence-electron chi connectivity index (χ1n) is 5.00. The second-order valence-corrected chi connectivity index (χ2v) is 3.78. The Bertz CT molecular complexity index is 225. The third-order valence-electron chi connectivity index (χ3n) is 2.83. The summed E-state index contributed by atoms with van der Waals surface area (Å²) in [6.07, 6.45) is 6.97. The molecule has 2 atom stereocenters. The fraction of sp³-hybridized carbons (Fsp3) is 0.700. The molecule has 2 rings (SSSR count). The lowest BCUT2D eigenvalue weighted by atomic mass is 9.87. The number of allylic oxidation sites excluding steroid dienone is 2. The van der Waals surface area contributed by atoms with Crippen LogP contribution in [0.15, 0.2) is 12.2 Å². The molecule has 0 spiro atoms. The first-order chi connectivity index (χ1) is 6.38. The molecule has 1 heterocycles. The maximum absolute atomic E-state index is 11.7. The molecule has 1 fully saturated rings. The Morgan fingerprint density at radius 2 is 2.31 bits per heavy atom. The maximum Gasteiger partial charge on any atom is 0.150 e. The lowest BCUT2D eigenvalue weighted by molar-refractivity contribution is -0.122. The molecule has 0 radical (unpaired) electrons. The molecule has 0 saturated carbocycles. The summed E-state index contributed by atoms with van der Waals surface area (Å²) in [6.45, 7) is 1.74. The predicted octanol–water partition coefficient (Wildman–Crippen LogP) is 0.431. The second kappa shape index (κ2) is 4.03. The molecule has 3 nitrogen and oxygen atoms in total. The van der Waals surface area contributed by atoms with Crippen molar-refractivity contribution in [2.24, 2.45) is 5.92 Å². The van der Waals surface area contributed by atoms with E-state index in [1.807, 2.05) is 0 Å². The Hall–Kier alpha value is -0.670. The summed E-state index contributed by atoms with van der Waals surface area (Å²) in [5.74, 6) is 0.841. The summed E-state index contributed by atoms with van der Waals surface area (Å²) in [7, 11) is 0. The standard InChI is InChI=1S/C10H16N2O/c13-9-5-3-1-2-4-8-6-11-7-12-10(8)9/h1-2,8,10-12H,3-7H2. The summed E-state index contributed by atoms with van der Waals surface area (Å²) < 4.78 is 0. The van der Waals surface area contributed by atoms with E-state index in [4.69, 9.17) is 0 Å². The van der Waals surface area contributed by atoms with Crippen molar-refractivity contribution in [2.45, 2.75) is 25.3 Å². The van der Waals surface area contributed by atoms with Crippen LogP contribution in [0.25, 0.3) is 0 Å². The van der Waals surface area contributed by atoms with Gasteiger partial charge >= 0.3 is 0 Å². The Kier molecular flexibility index (Phi) is 2.76. The van der Waals surface area contributed by atoms with E-state index in [1.54, 1.807) is 0 Å². The van der Waals surface area contributed by atoms with Crippen molar-refractivity contribution >= 4 is 5.78 Å². The van der Waals surface area contributed by atoms with E-state index in [1.165, 1.54) is 0 Å². The molecule has 1 saturated heterocycles. The summed E-state index contributed by atoms with van der Waals surface area (Å²) in [6, 6.07) is 0.103. The summed E-state index contributed by atoms with van der Waals surface area (Å²) in [5.41, 5.74) is 0. The van der Waals surface area contributed by atoms with Crippen molar-refractivity contribution in [3.05, 3.63) is 12.2 Å². The zero-order chi connectivity index (χ0) is 9.10. The number of fused-ring (bicyclic) bond motifs is 1. The van der Waals surface area contributed by atoms with Crippen molar-refractivity contribution in [3.63, 3.8) is 0 Å². The van der Waals surface area contributed by atoms with Gasteiger partial charge in [-0.05, 0) is 18.8 Å². The Morgan fingerprint density at radius 1 is 1.38 bits per heavy atom. The van der Waals surface area contributed by atoms with Crippen LogP contribution in [0.3, 0.4) is 0 Å². The molecule has 72 valence electrons. The van der Waals surface area contributed by atoms with E-state index in [2.05, 4.69) is 22.8 Å². The fourth-order valence-electron chi connectivity index (χ4n) is 2.09. The first-order valence-corrected chi connectivity index (χ1v) is 5.00.